The summed E-state index contributed by atoms with van der Waals surface area (Å²) in [4.78, 5) is 0. The first kappa shape index (κ1) is 9.58. The highest BCUT2D eigenvalue weighted by molar-refractivity contribution is 5.65. The van der Waals surface area contributed by atoms with Crippen molar-refractivity contribution in [2.24, 2.45) is 7.05 Å². The molecule has 1 N–H and O–H groups in total. The third-order valence-electron chi connectivity index (χ3n) is 2.17. The van der Waals surface area contributed by atoms with Crippen molar-refractivity contribution in [2.45, 2.75) is 0 Å². The molecule has 0 saturated carbocycles. The van der Waals surface area contributed by atoms with Gasteiger partial charge in [0.1, 0.15) is 11.5 Å². The molecule has 1 aromatic carbocycles. The number of nitrogens with zero attached hydrogens (tertiary/aromatic N) is 2. The van der Waals surface area contributed by atoms with Gasteiger partial charge in [-0.1, -0.05) is 0 Å². The first-order valence-corrected chi connectivity index (χ1v) is 4.56. The zero-order valence-corrected chi connectivity index (χ0v) is 8.64. The third-order valence-corrected chi connectivity index (χ3v) is 2.17. The Hall–Kier alpha value is -1.97. The summed E-state index contributed by atoms with van der Waals surface area (Å²) < 4.78 is 6.79. The number of hydrogen-bond acceptors (Lipinski definition) is 3. The van der Waals surface area contributed by atoms with Crippen LogP contribution in [0.1, 0.15) is 0 Å². The van der Waals surface area contributed by atoms with Gasteiger partial charge < -0.3 is 9.84 Å². The first-order chi connectivity index (χ1) is 7.19. The van der Waals surface area contributed by atoms with Gasteiger partial charge in [0.2, 0.25) is 0 Å². The van der Waals surface area contributed by atoms with E-state index in [1.54, 1.807) is 30.1 Å². The van der Waals surface area contributed by atoms with Crippen LogP contribution in [-0.4, -0.2) is 22.0 Å². The summed E-state index contributed by atoms with van der Waals surface area (Å²) in [6.07, 6.45) is 3.63. The highest BCUT2D eigenvalue weighted by Crippen LogP contribution is 2.28. The number of aromatic nitrogens is 2. The van der Waals surface area contributed by atoms with E-state index in [4.69, 9.17) is 4.74 Å². The average Bonchev–Trinajstić information content (AvgIpc) is 2.64. The fraction of sp³-hybridized carbons (Fsp3) is 0.182. The van der Waals surface area contributed by atoms with Crippen LogP contribution in [0.4, 0.5) is 0 Å². The molecule has 0 bridgehead atoms. The Morgan fingerprint density at radius 2 is 2.07 bits per heavy atom. The quantitative estimate of drug-likeness (QED) is 0.811. The topological polar surface area (TPSA) is 47.3 Å². The minimum absolute atomic E-state index is 0.188. The molecule has 0 fully saturated rings. The fourth-order valence-electron chi connectivity index (χ4n) is 1.44. The van der Waals surface area contributed by atoms with E-state index in [2.05, 4.69) is 5.10 Å². The molecule has 1 aromatic heterocycles. The van der Waals surface area contributed by atoms with E-state index in [0.29, 0.717) is 5.75 Å². The van der Waals surface area contributed by atoms with E-state index < -0.39 is 0 Å². The van der Waals surface area contributed by atoms with Crippen LogP contribution < -0.4 is 4.74 Å². The van der Waals surface area contributed by atoms with E-state index in [1.165, 1.54) is 0 Å². The minimum Gasteiger partial charge on any atom is -0.508 e. The maximum atomic E-state index is 9.49. The van der Waals surface area contributed by atoms with Gasteiger partial charge in [0.15, 0.2) is 0 Å². The molecule has 2 rings (SSSR count). The van der Waals surface area contributed by atoms with Crippen molar-refractivity contribution in [3.8, 4) is 22.6 Å². The van der Waals surface area contributed by atoms with Gasteiger partial charge in [0, 0.05) is 24.9 Å². The van der Waals surface area contributed by atoms with Gasteiger partial charge >= 0.3 is 0 Å². The summed E-state index contributed by atoms with van der Waals surface area (Å²) in [6, 6.07) is 5.11. The van der Waals surface area contributed by atoms with Crippen LogP contribution in [-0.2, 0) is 7.05 Å². The lowest BCUT2D eigenvalue weighted by molar-refractivity contribution is 0.408. The summed E-state index contributed by atoms with van der Waals surface area (Å²) in [5, 5.41) is 13.6. The van der Waals surface area contributed by atoms with Crippen LogP contribution in [0.2, 0.25) is 0 Å². The smallest absolute Gasteiger partial charge is 0.123 e. The fourth-order valence-corrected chi connectivity index (χ4v) is 1.44. The number of ether oxygens (including phenoxy) is 1. The van der Waals surface area contributed by atoms with Crippen molar-refractivity contribution < 1.29 is 9.84 Å². The van der Waals surface area contributed by atoms with Crippen LogP contribution in [0.3, 0.4) is 0 Å². The van der Waals surface area contributed by atoms with E-state index >= 15 is 0 Å². The second kappa shape index (κ2) is 3.65. The van der Waals surface area contributed by atoms with Crippen molar-refractivity contribution in [1.82, 2.24) is 9.78 Å². The summed E-state index contributed by atoms with van der Waals surface area (Å²) in [7, 11) is 3.42. The van der Waals surface area contributed by atoms with Crippen molar-refractivity contribution in [1.29, 1.82) is 0 Å². The van der Waals surface area contributed by atoms with E-state index in [1.807, 2.05) is 19.3 Å². The molecule has 0 aliphatic heterocycles. The molecule has 0 unspecified atom stereocenters. The molecular formula is C11H12N2O2. The molecule has 0 spiro atoms. The van der Waals surface area contributed by atoms with Gasteiger partial charge in [-0.2, -0.15) is 5.10 Å². The highest BCUT2D eigenvalue weighted by Gasteiger charge is 2.04. The predicted molar refractivity (Wildman–Crippen MR) is 56.9 cm³/mol. The Morgan fingerprint density at radius 1 is 1.27 bits per heavy atom. The van der Waals surface area contributed by atoms with E-state index in [9.17, 15) is 5.11 Å². The molecule has 0 saturated heterocycles. The van der Waals surface area contributed by atoms with Crippen molar-refractivity contribution in [3.05, 3.63) is 30.6 Å². The van der Waals surface area contributed by atoms with Gasteiger partial charge in [-0.25, -0.2) is 0 Å². The first-order valence-electron chi connectivity index (χ1n) is 4.56. The normalized spacial score (nSPS) is 10.3. The van der Waals surface area contributed by atoms with Gasteiger partial charge in [-0.05, 0) is 17.7 Å². The lowest BCUT2D eigenvalue weighted by Gasteiger charge is -2.03. The Morgan fingerprint density at radius 3 is 2.67 bits per heavy atom. The number of phenolic OH excluding ortho intramolecular Hbond substituents is 1. The largest absolute Gasteiger partial charge is 0.508 e. The van der Waals surface area contributed by atoms with Crippen molar-refractivity contribution in [2.75, 3.05) is 7.11 Å². The molecule has 0 aliphatic rings. The number of hydrogen-bond donors (Lipinski definition) is 1. The highest BCUT2D eigenvalue weighted by atomic mass is 16.5. The van der Waals surface area contributed by atoms with Crippen LogP contribution in [0.25, 0.3) is 11.1 Å². The van der Waals surface area contributed by atoms with E-state index in [0.717, 1.165) is 11.1 Å². The van der Waals surface area contributed by atoms with Crippen LogP contribution in [0.15, 0.2) is 30.6 Å². The van der Waals surface area contributed by atoms with Gasteiger partial charge in [0.25, 0.3) is 0 Å². The Kier molecular flexibility index (Phi) is 2.33. The lowest BCUT2D eigenvalue weighted by Crippen LogP contribution is -1.85. The van der Waals surface area contributed by atoms with Crippen molar-refractivity contribution >= 4 is 0 Å². The monoisotopic (exact) mass is 204 g/mol. The molecule has 0 radical (unpaired) electrons. The maximum absolute atomic E-state index is 9.49. The molecule has 0 atom stereocenters. The zero-order chi connectivity index (χ0) is 10.8. The lowest BCUT2D eigenvalue weighted by atomic mass is 10.1. The molecule has 0 amide bonds. The summed E-state index contributed by atoms with van der Waals surface area (Å²) in [5.41, 5.74) is 1.84. The van der Waals surface area contributed by atoms with E-state index in [-0.39, 0.29) is 5.75 Å². The van der Waals surface area contributed by atoms with Crippen LogP contribution in [0.5, 0.6) is 11.5 Å². The second-order valence-corrected chi connectivity index (χ2v) is 3.32. The SMILES string of the molecule is COc1cc(O)cc(-c2cnn(C)c2)c1. The van der Waals surface area contributed by atoms with Gasteiger partial charge in [-0.3, -0.25) is 4.68 Å². The number of rotatable bonds is 2. The summed E-state index contributed by atoms with van der Waals surface area (Å²) >= 11 is 0. The number of methoxy groups -OCH3 is 1. The Balaban J connectivity index is 2.48. The number of benzene rings is 1. The van der Waals surface area contributed by atoms with Crippen LogP contribution in [0, 0.1) is 0 Å². The molecule has 0 aliphatic carbocycles. The zero-order valence-electron chi connectivity index (χ0n) is 8.64. The minimum atomic E-state index is 0.188. The molecule has 4 heteroatoms. The predicted octanol–water partition coefficient (Wildman–Crippen LogP) is 1.80. The molecule has 2 aromatic rings. The number of phenols is 1. The molecule has 4 nitrogen and oxygen atoms in total. The Bertz CT molecular complexity index is 477. The summed E-state index contributed by atoms with van der Waals surface area (Å²) in [5.74, 6) is 0.821. The summed E-state index contributed by atoms with van der Waals surface area (Å²) in [6.45, 7) is 0. The standard InChI is InChI=1S/C11H12N2O2/c1-13-7-9(6-12-13)8-3-10(14)5-11(4-8)15-2/h3-7,14H,1-2H3. The van der Waals surface area contributed by atoms with Gasteiger partial charge in [0.05, 0.1) is 13.3 Å². The second-order valence-electron chi connectivity index (χ2n) is 3.32. The Labute approximate surface area is 87.7 Å². The number of aromatic hydroxyl groups is 1. The maximum Gasteiger partial charge on any atom is 0.123 e. The van der Waals surface area contributed by atoms with Crippen LogP contribution >= 0.6 is 0 Å². The number of aryl methyl sites for hydroxylation is 1. The molecule has 15 heavy (non-hydrogen) atoms. The molecule has 1 heterocycles. The molecule has 78 valence electrons. The van der Waals surface area contributed by atoms with Crippen molar-refractivity contribution in [3.63, 3.8) is 0 Å². The molecular weight excluding hydrogens is 192 g/mol. The third kappa shape index (κ3) is 1.93. The van der Waals surface area contributed by atoms with Gasteiger partial charge in [-0.15, -0.1) is 0 Å². The average molecular weight is 204 g/mol.